The summed E-state index contributed by atoms with van der Waals surface area (Å²) >= 11 is 0. The van der Waals surface area contributed by atoms with E-state index >= 15 is 0 Å². The van der Waals surface area contributed by atoms with E-state index in [1.807, 2.05) is 0 Å². The summed E-state index contributed by atoms with van der Waals surface area (Å²) in [6, 6.07) is 0. The van der Waals surface area contributed by atoms with Gasteiger partial charge in [-0.25, -0.2) is 0 Å². The lowest BCUT2D eigenvalue weighted by Gasteiger charge is -2.18. The SMILES string of the molecule is CCCCC/C=C\C/C=C\CCCCCCCC(=O)OC(COC(=O)CCCCCCC/C=C\CCCCCCCC)COC(=O)CCCCCCCCCCCCCC/C=C\C/C=C\C/C=C\CCCCCCC. The summed E-state index contributed by atoms with van der Waals surface area (Å²) in [7, 11) is 0. The monoisotopic (exact) mass is 1050 g/mol. The summed E-state index contributed by atoms with van der Waals surface area (Å²) in [5.41, 5.74) is 0. The van der Waals surface area contributed by atoms with Gasteiger partial charge in [0, 0.05) is 19.3 Å². The van der Waals surface area contributed by atoms with Crippen molar-refractivity contribution in [1.29, 1.82) is 0 Å². The lowest BCUT2D eigenvalue weighted by atomic mass is 10.0. The van der Waals surface area contributed by atoms with Crippen LogP contribution in [0.2, 0.25) is 0 Å². The van der Waals surface area contributed by atoms with Crippen LogP contribution in [-0.2, 0) is 28.6 Å². The van der Waals surface area contributed by atoms with E-state index in [0.29, 0.717) is 19.3 Å². The summed E-state index contributed by atoms with van der Waals surface area (Å²) in [4.78, 5) is 38.3. The van der Waals surface area contributed by atoms with Crippen molar-refractivity contribution in [3.05, 3.63) is 72.9 Å². The Balaban J connectivity index is 4.29. The predicted molar refractivity (Wildman–Crippen MR) is 325 cm³/mol. The van der Waals surface area contributed by atoms with Crippen LogP contribution in [-0.4, -0.2) is 37.2 Å². The Hall–Kier alpha value is -3.15. The zero-order valence-electron chi connectivity index (χ0n) is 49.8. The first kappa shape index (κ1) is 71.8. The minimum atomic E-state index is -0.787. The quantitative estimate of drug-likeness (QED) is 0.0261. The zero-order valence-corrected chi connectivity index (χ0v) is 49.8. The molecule has 0 aromatic rings. The molecule has 0 aliphatic carbocycles. The van der Waals surface area contributed by atoms with Gasteiger partial charge < -0.3 is 14.2 Å². The van der Waals surface area contributed by atoms with Crippen molar-refractivity contribution < 1.29 is 28.6 Å². The standard InChI is InChI=1S/C69H122O6/c1-4-7-10-13-16-19-22-25-28-29-30-31-32-33-34-35-36-37-38-39-42-44-47-50-53-56-59-62-68(71)74-65-66(75-69(72)63-60-57-54-51-48-45-41-27-24-21-18-15-12-9-6-3)64-73-67(70)61-58-55-52-49-46-43-40-26-23-20-17-14-11-8-5-2/h18,21-22,25-27,29-30,32-33,40-41,66H,4-17,19-20,23-24,28,31,34-39,42-65H2,1-3H3/b21-18-,25-22-,30-29-,33-32-,40-26-,41-27-. The topological polar surface area (TPSA) is 78.9 Å². The molecule has 6 nitrogen and oxygen atoms in total. The Morgan fingerprint density at radius 3 is 0.787 bits per heavy atom. The highest BCUT2D eigenvalue weighted by Crippen LogP contribution is 2.16. The second kappa shape index (κ2) is 63.4. The van der Waals surface area contributed by atoms with Crippen molar-refractivity contribution in [2.75, 3.05) is 13.2 Å². The molecule has 0 amide bonds. The number of unbranched alkanes of at least 4 members (excludes halogenated alkanes) is 36. The first-order valence-corrected chi connectivity index (χ1v) is 32.4. The fraction of sp³-hybridized carbons (Fsp3) is 0.783. The molecule has 434 valence electrons. The van der Waals surface area contributed by atoms with E-state index in [1.165, 1.54) is 186 Å². The molecular formula is C69H122O6. The molecular weight excluding hydrogens is 925 g/mol. The third kappa shape index (κ3) is 61.6. The summed E-state index contributed by atoms with van der Waals surface area (Å²) in [6.45, 7) is 6.61. The molecule has 0 radical (unpaired) electrons. The van der Waals surface area contributed by atoms with Gasteiger partial charge in [-0.05, 0) is 116 Å². The van der Waals surface area contributed by atoms with Gasteiger partial charge in [0.15, 0.2) is 6.10 Å². The Morgan fingerprint density at radius 1 is 0.267 bits per heavy atom. The van der Waals surface area contributed by atoms with Crippen LogP contribution in [0.5, 0.6) is 0 Å². The molecule has 0 aliphatic heterocycles. The Labute approximate surface area is 465 Å². The first-order chi connectivity index (χ1) is 37.0. The van der Waals surface area contributed by atoms with Crippen molar-refractivity contribution in [3.63, 3.8) is 0 Å². The Kier molecular flexibility index (Phi) is 60.7. The van der Waals surface area contributed by atoms with Crippen molar-refractivity contribution >= 4 is 17.9 Å². The average molecular weight is 1050 g/mol. The summed E-state index contributed by atoms with van der Waals surface area (Å²) < 4.78 is 16.9. The maximum atomic E-state index is 12.9. The van der Waals surface area contributed by atoms with Gasteiger partial charge in [-0.15, -0.1) is 0 Å². The molecule has 1 unspecified atom stereocenters. The second-order valence-corrected chi connectivity index (χ2v) is 21.7. The van der Waals surface area contributed by atoms with Crippen LogP contribution in [0.4, 0.5) is 0 Å². The highest BCUT2D eigenvalue weighted by Gasteiger charge is 2.19. The second-order valence-electron chi connectivity index (χ2n) is 21.7. The van der Waals surface area contributed by atoms with Crippen molar-refractivity contribution in [1.82, 2.24) is 0 Å². The Bertz CT molecular complexity index is 1390. The molecule has 0 aromatic heterocycles. The normalized spacial score (nSPS) is 12.5. The number of esters is 3. The van der Waals surface area contributed by atoms with E-state index in [-0.39, 0.29) is 31.1 Å². The molecule has 0 spiro atoms. The molecule has 75 heavy (non-hydrogen) atoms. The fourth-order valence-corrected chi connectivity index (χ4v) is 9.24. The summed E-state index contributed by atoms with van der Waals surface area (Å²) in [5.74, 6) is -0.894. The summed E-state index contributed by atoms with van der Waals surface area (Å²) in [6.07, 6.45) is 81.9. The molecule has 0 fully saturated rings. The number of rotatable bonds is 59. The van der Waals surface area contributed by atoms with Crippen LogP contribution < -0.4 is 0 Å². The number of hydrogen-bond donors (Lipinski definition) is 0. The summed E-state index contributed by atoms with van der Waals surface area (Å²) in [5, 5.41) is 0. The maximum Gasteiger partial charge on any atom is 0.306 e. The van der Waals surface area contributed by atoms with Gasteiger partial charge in [0.25, 0.3) is 0 Å². The largest absolute Gasteiger partial charge is 0.462 e. The van der Waals surface area contributed by atoms with Crippen molar-refractivity contribution in [3.8, 4) is 0 Å². The van der Waals surface area contributed by atoms with Gasteiger partial charge >= 0.3 is 17.9 Å². The molecule has 0 N–H and O–H groups in total. The maximum absolute atomic E-state index is 12.9. The van der Waals surface area contributed by atoms with Gasteiger partial charge in [0.2, 0.25) is 0 Å². The number of carbonyl (C=O) groups excluding carboxylic acids is 3. The van der Waals surface area contributed by atoms with Crippen LogP contribution in [0.15, 0.2) is 72.9 Å². The number of carbonyl (C=O) groups is 3. The van der Waals surface area contributed by atoms with E-state index in [9.17, 15) is 14.4 Å². The van der Waals surface area contributed by atoms with Crippen LogP contribution >= 0.6 is 0 Å². The number of ether oxygens (including phenoxy) is 3. The fourth-order valence-electron chi connectivity index (χ4n) is 9.24. The lowest BCUT2D eigenvalue weighted by molar-refractivity contribution is -0.167. The van der Waals surface area contributed by atoms with Crippen LogP contribution in [0.1, 0.15) is 329 Å². The molecule has 0 heterocycles. The average Bonchev–Trinajstić information content (AvgIpc) is 3.41. The van der Waals surface area contributed by atoms with Crippen LogP contribution in [0.3, 0.4) is 0 Å². The van der Waals surface area contributed by atoms with E-state index in [4.69, 9.17) is 14.2 Å². The van der Waals surface area contributed by atoms with Gasteiger partial charge in [0.1, 0.15) is 13.2 Å². The van der Waals surface area contributed by atoms with Crippen molar-refractivity contribution in [2.24, 2.45) is 0 Å². The van der Waals surface area contributed by atoms with E-state index in [0.717, 1.165) is 103 Å². The highest BCUT2D eigenvalue weighted by atomic mass is 16.6. The van der Waals surface area contributed by atoms with E-state index in [1.54, 1.807) is 0 Å². The zero-order chi connectivity index (χ0) is 54.3. The van der Waals surface area contributed by atoms with Crippen LogP contribution in [0.25, 0.3) is 0 Å². The number of allylic oxidation sites excluding steroid dienone is 12. The van der Waals surface area contributed by atoms with E-state index < -0.39 is 6.10 Å². The van der Waals surface area contributed by atoms with Gasteiger partial charge in [-0.3, -0.25) is 14.4 Å². The third-order valence-electron chi connectivity index (χ3n) is 14.2. The minimum absolute atomic E-state index is 0.0832. The molecule has 0 saturated heterocycles. The molecule has 0 aromatic carbocycles. The molecule has 0 saturated carbocycles. The molecule has 0 rings (SSSR count). The highest BCUT2D eigenvalue weighted by molar-refractivity contribution is 5.71. The minimum Gasteiger partial charge on any atom is -0.462 e. The number of hydrogen-bond acceptors (Lipinski definition) is 6. The third-order valence-corrected chi connectivity index (χ3v) is 14.2. The Morgan fingerprint density at radius 2 is 0.480 bits per heavy atom. The van der Waals surface area contributed by atoms with Crippen molar-refractivity contribution in [2.45, 2.75) is 335 Å². The van der Waals surface area contributed by atoms with E-state index in [2.05, 4.69) is 93.7 Å². The van der Waals surface area contributed by atoms with Crippen LogP contribution in [0, 0.1) is 0 Å². The molecule has 0 aliphatic rings. The first-order valence-electron chi connectivity index (χ1n) is 32.4. The van der Waals surface area contributed by atoms with Gasteiger partial charge in [0.05, 0.1) is 0 Å². The smallest absolute Gasteiger partial charge is 0.306 e. The van der Waals surface area contributed by atoms with Gasteiger partial charge in [-0.2, -0.15) is 0 Å². The molecule has 6 heteroatoms. The molecule has 0 bridgehead atoms. The predicted octanol–water partition coefficient (Wildman–Crippen LogP) is 22.1. The molecule has 1 atom stereocenters. The lowest BCUT2D eigenvalue weighted by Crippen LogP contribution is -2.30. The van der Waals surface area contributed by atoms with Gasteiger partial charge in [-0.1, -0.05) is 267 Å².